The van der Waals surface area contributed by atoms with Gasteiger partial charge in [-0.05, 0) is 56.9 Å². The molecule has 3 atom stereocenters. The molecule has 96 valence electrons. The number of aliphatic hydroxyl groups is 1. The Morgan fingerprint density at radius 1 is 1.38 bits per heavy atom. The van der Waals surface area contributed by atoms with Crippen LogP contribution in [0.15, 0.2) is 0 Å². The van der Waals surface area contributed by atoms with E-state index < -0.39 is 0 Å². The Morgan fingerprint density at radius 2 is 2.06 bits per heavy atom. The Hall–Kier alpha value is -0.0800. The van der Waals surface area contributed by atoms with Crippen LogP contribution in [-0.4, -0.2) is 23.8 Å². The lowest BCUT2D eigenvalue weighted by molar-refractivity contribution is 0.148. The summed E-state index contributed by atoms with van der Waals surface area (Å²) in [5, 5.41) is 12.8. The van der Waals surface area contributed by atoms with Crippen molar-refractivity contribution in [3.63, 3.8) is 0 Å². The van der Waals surface area contributed by atoms with Crippen molar-refractivity contribution in [2.75, 3.05) is 6.54 Å². The molecule has 0 radical (unpaired) electrons. The number of hydrogen-bond donors (Lipinski definition) is 2. The summed E-state index contributed by atoms with van der Waals surface area (Å²) in [6, 6.07) is 0.688. The van der Waals surface area contributed by atoms with Crippen LogP contribution in [-0.2, 0) is 0 Å². The van der Waals surface area contributed by atoms with E-state index in [4.69, 9.17) is 0 Å². The lowest BCUT2D eigenvalue weighted by atomic mass is 9.70. The first-order valence-corrected chi connectivity index (χ1v) is 6.80. The summed E-state index contributed by atoms with van der Waals surface area (Å²) in [6.45, 7) is 10.1. The van der Waals surface area contributed by atoms with E-state index in [9.17, 15) is 5.11 Å². The highest BCUT2D eigenvalue weighted by Gasteiger charge is 2.31. The van der Waals surface area contributed by atoms with E-state index in [-0.39, 0.29) is 6.10 Å². The molecule has 1 rings (SSSR count). The van der Waals surface area contributed by atoms with Gasteiger partial charge in [-0.1, -0.05) is 20.8 Å². The molecule has 0 aromatic rings. The molecule has 16 heavy (non-hydrogen) atoms. The summed E-state index contributed by atoms with van der Waals surface area (Å²) in [4.78, 5) is 0. The standard InChI is InChI=1S/C14H29NO/c1-11-8-13(10-14(3,4)9-11)15-7-5-6-12(2)16/h11-13,15-16H,5-10H2,1-4H3. The smallest absolute Gasteiger partial charge is 0.0512 e. The van der Waals surface area contributed by atoms with Gasteiger partial charge in [0.25, 0.3) is 0 Å². The Morgan fingerprint density at radius 3 is 2.62 bits per heavy atom. The summed E-state index contributed by atoms with van der Waals surface area (Å²) in [7, 11) is 0. The monoisotopic (exact) mass is 227 g/mol. The lowest BCUT2D eigenvalue weighted by Gasteiger charge is -2.39. The van der Waals surface area contributed by atoms with Gasteiger partial charge < -0.3 is 10.4 Å². The van der Waals surface area contributed by atoms with Crippen molar-refractivity contribution in [2.45, 2.75) is 71.9 Å². The highest BCUT2D eigenvalue weighted by atomic mass is 16.3. The zero-order valence-corrected chi connectivity index (χ0v) is 11.4. The highest BCUT2D eigenvalue weighted by Crippen LogP contribution is 2.38. The average Bonchev–Trinajstić information content (AvgIpc) is 2.08. The van der Waals surface area contributed by atoms with Gasteiger partial charge >= 0.3 is 0 Å². The van der Waals surface area contributed by atoms with E-state index in [2.05, 4.69) is 26.1 Å². The second-order valence-corrected chi connectivity index (χ2v) is 6.56. The maximum atomic E-state index is 9.19. The van der Waals surface area contributed by atoms with Gasteiger partial charge in [0.15, 0.2) is 0 Å². The maximum absolute atomic E-state index is 9.19. The topological polar surface area (TPSA) is 32.3 Å². The molecule has 0 heterocycles. The Kier molecular flexibility index (Phi) is 5.26. The number of aliphatic hydroxyl groups excluding tert-OH is 1. The van der Waals surface area contributed by atoms with Gasteiger partial charge in [-0.2, -0.15) is 0 Å². The number of nitrogens with one attached hydrogen (secondary N) is 1. The van der Waals surface area contributed by atoms with Crippen LogP contribution in [0.2, 0.25) is 0 Å². The molecule has 0 aromatic heterocycles. The van der Waals surface area contributed by atoms with Gasteiger partial charge in [0, 0.05) is 6.04 Å². The normalized spacial score (nSPS) is 31.3. The van der Waals surface area contributed by atoms with Crippen molar-refractivity contribution in [1.29, 1.82) is 0 Å². The summed E-state index contributed by atoms with van der Waals surface area (Å²) < 4.78 is 0. The zero-order valence-electron chi connectivity index (χ0n) is 11.4. The van der Waals surface area contributed by atoms with Crippen molar-refractivity contribution in [1.82, 2.24) is 5.32 Å². The molecule has 0 saturated heterocycles. The maximum Gasteiger partial charge on any atom is 0.0512 e. The fourth-order valence-electron chi connectivity index (χ4n) is 3.21. The van der Waals surface area contributed by atoms with Crippen LogP contribution in [0.5, 0.6) is 0 Å². The minimum atomic E-state index is -0.150. The van der Waals surface area contributed by atoms with Crippen LogP contribution in [0, 0.1) is 11.3 Å². The largest absolute Gasteiger partial charge is 0.393 e. The van der Waals surface area contributed by atoms with E-state index in [1.807, 2.05) is 6.92 Å². The lowest BCUT2D eigenvalue weighted by Crippen LogP contribution is -2.40. The third kappa shape index (κ3) is 5.31. The SMILES string of the molecule is CC(O)CCCNC1CC(C)CC(C)(C)C1. The second-order valence-electron chi connectivity index (χ2n) is 6.56. The van der Waals surface area contributed by atoms with E-state index in [1.165, 1.54) is 19.3 Å². The molecule has 2 heteroatoms. The predicted octanol–water partition coefficient (Wildman–Crippen LogP) is 2.95. The molecule has 1 fully saturated rings. The fourth-order valence-corrected chi connectivity index (χ4v) is 3.21. The molecule has 0 aliphatic heterocycles. The van der Waals surface area contributed by atoms with Gasteiger partial charge in [0.05, 0.1) is 6.10 Å². The molecule has 0 spiro atoms. The van der Waals surface area contributed by atoms with Crippen LogP contribution in [0.25, 0.3) is 0 Å². The van der Waals surface area contributed by atoms with E-state index in [0.29, 0.717) is 11.5 Å². The minimum Gasteiger partial charge on any atom is -0.393 e. The first kappa shape index (κ1) is 14.0. The third-order valence-electron chi connectivity index (χ3n) is 3.62. The fraction of sp³-hybridized carbons (Fsp3) is 1.00. The zero-order chi connectivity index (χ0) is 12.2. The quantitative estimate of drug-likeness (QED) is 0.708. The average molecular weight is 227 g/mol. The molecule has 0 aromatic carbocycles. The predicted molar refractivity (Wildman–Crippen MR) is 69.5 cm³/mol. The van der Waals surface area contributed by atoms with Crippen LogP contribution in [0.1, 0.15) is 59.8 Å². The molecular weight excluding hydrogens is 198 g/mol. The van der Waals surface area contributed by atoms with Crippen LogP contribution >= 0.6 is 0 Å². The van der Waals surface area contributed by atoms with Gasteiger partial charge in [-0.3, -0.25) is 0 Å². The Balaban J connectivity index is 2.21. The summed E-state index contributed by atoms with van der Waals surface area (Å²) in [5.41, 5.74) is 0.500. The summed E-state index contributed by atoms with van der Waals surface area (Å²) >= 11 is 0. The van der Waals surface area contributed by atoms with E-state index >= 15 is 0 Å². The minimum absolute atomic E-state index is 0.150. The molecule has 1 aliphatic rings. The highest BCUT2D eigenvalue weighted by molar-refractivity contribution is 4.86. The Bertz CT molecular complexity index is 201. The van der Waals surface area contributed by atoms with Crippen molar-refractivity contribution in [2.24, 2.45) is 11.3 Å². The molecule has 1 aliphatic carbocycles. The first-order valence-electron chi connectivity index (χ1n) is 6.80. The van der Waals surface area contributed by atoms with Crippen molar-refractivity contribution >= 4 is 0 Å². The van der Waals surface area contributed by atoms with Crippen molar-refractivity contribution < 1.29 is 5.11 Å². The molecule has 0 amide bonds. The second kappa shape index (κ2) is 6.02. The first-order chi connectivity index (χ1) is 7.39. The van der Waals surface area contributed by atoms with Gasteiger partial charge in [-0.15, -0.1) is 0 Å². The summed E-state index contributed by atoms with van der Waals surface area (Å²) in [6.07, 6.45) is 5.83. The number of rotatable bonds is 5. The van der Waals surface area contributed by atoms with Gasteiger partial charge in [-0.25, -0.2) is 0 Å². The van der Waals surface area contributed by atoms with Crippen LogP contribution in [0.4, 0.5) is 0 Å². The van der Waals surface area contributed by atoms with E-state index in [1.54, 1.807) is 0 Å². The van der Waals surface area contributed by atoms with Crippen molar-refractivity contribution in [3.05, 3.63) is 0 Å². The van der Waals surface area contributed by atoms with Crippen LogP contribution < -0.4 is 5.32 Å². The molecule has 0 bridgehead atoms. The summed E-state index contributed by atoms with van der Waals surface area (Å²) in [5.74, 6) is 0.845. The van der Waals surface area contributed by atoms with Gasteiger partial charge in [0.2, 0.25) is 0 Å². The van der Waals surface area contributed by atoms with Crippen LogP contribution in [0.3, 0.4) is 0 Å². The Labute approximate surface area is 101 Å². The van der Waals surface area contributed by atoms with Crippen molar-refractivity contribution in [3.8, 4) is 0 Å². The van der Waals surface area contributed by atoms with E-state index in [0.717, 1.165) is 25.3 Å². The molecular formula is C14H29NO. The molecule has 1 saturated carbocycles. The van der Waals surface area contributed by atoms with Gasteiger partial charge in [0.1, 0.15) is 0 Å². The molecule has 2 N–H and O–H groups in total. The third-order valence-corrected chi connectivity index (χ3v) is 3.62. The molecule has 2 nitrogen and oxygen atoms in total. The molecule has 3 unspecified atom stereocenters. The number of hydrogen-bond acceptors (Lipinski definition) is 2.